The molecule has 0 spiro atoms. The molecule has 2 heterocycles. The first kappa shape index (κ1) is 12.9. The second-order valence-electron chi connectivity index (χ2n) is 5.39. The molecule has 2 aliphatic heterocycles. The van der Waals surface area contributed by atoms with Crippen LogP contribution < -0.4 is 10.2 Å². The van der Waals surface area contributed by atoms with Crippen LogP contribution in [0.1, 0.15) is 11.1 Å². The minimum atomic E-state index is 0.818. The molecular formula is C15H23N3O. The van der Waals surface area contributed by atoms with E-state index in [0.717, 1.165) is 52.4 Å². The SMILES string of the molecule is COCCN1Cc2ccc(N3CCNCC3)cc2C1. The molecule has 0 aromatic heterocycles. The number of nitrogens with one attached hydrogen (secondary N) is 1. The van der Waals surface area contributed by atoms with E-state index in [9.17, 15) is 0 Å². The highest BCUT2D eigenvalue weighted by molar-refractivity contribution is 5.52. The molecule has 1 aromatic carbocycles. The Morgan fingerprint density at radius 2 is 1.95 bits per heavy atom. The highest BCUT2D eigenvalue weighted by Crippen LogP contribution is 2.27. The molecule has 1 fully saturated rings. The Kier molecular flexibility index (Phi) is 4.01. The van der Waals surface area contributed by atoms with E-state index in [1.54, 1.807) is 7.11 Å². The van der Waals surface area contributed by atoms with Crippen molar-refractivity contribution in [3.8, 4) is 0 Å². The molecule has 3 rings (SSSR count). The van der Waals surface area contributed by atoms with Crippen molar-refractivity contribution >= 4 is 5.69 Å². The third-order valence-corrected chi connectivity index (χ3v) is 4.07. The largest absolute Gasteiger partial charge is 0.383 e. The fourth-order valence-electron chi connectivity index (χ4n) is 2.95. The molecule has 4 nitrogen and oxygen atoms in total. The van der Waals surface area contributed by atoms with Crippen LogP contribution in [0.25, 0.3) is 0 Å². The van der Waals surface area contributed by atoms with Crippen LogP contribution in [-0.2, 0) is 17.8 Å². The molecule has 1 saturated heterocycles. The van der Waals surface area contributed by atoms with Gasteiger partial charge in [0.05, 0.1) is 6.61 Å². The molecule has 4 heteroatoms. The first-order valence-corrected chi connectivity index (χ1v) is 7.15. The van der Waals surface area contributed by atoms with Crippen LogP contribution in [0.15, 0.2) is 18.2 Å². The second-order valence-corrected chi connectivity index (χ2v) is 5.39. The Morgan fingerprint density at radius 1 is 1.16 bits per heavy atom. The van der Waals surface area contributed by atoms with Crippen molar-refractivity contribution in [2.45, 2.75) is 13.1 Å². The molecule has 0 radical (unpaired) electrons. The number of fused-ring (bicyclic) bond motifs is 1. The highest BCUT2D eigenvalue weighted by atomic mass is 16.5. The lowest BCUT2D eigenvalue weighted by Gasteiger charge is -2.29. The molecule has 2 aliphatic rings. The van der Waals surface area contributed by atoms with Crippen LogP contribution in [0.2, 0.25) is 0 Å². The van der Waals surface area contributed by atoms with E-state index in [2.05, 4.69) is 33.3 Å². The lowest BCUT2D eigenvalue weighted by molar-refractivity contribution is 0.147. The zero-order chi connectivity index (χ0) is 13.1. The number of ether oxygens (including phenoxy) is 1. The number of anilines is 1. The maximum atomic E-state index is 5.16. The van der Waals surface area contributed by atoms with Crippen LogP contribution in [0, 0.1) is 0 Å². The van der Waals surface area contributed by atoms with E-state index in [-0.39, 0.29) is 0 Å². The number of hydrogen-bond acceptors (Lipinski definition) is 4. The summed E-state index contributed by atoms with van der Waals surface area (Å²) in [7, 11) is 1.77. The lowest BCUT2D eigenvalue weighted by atomic mass is 10.1. The topological polar surface area (TPSA) is 27.7 Å². The second kappa shape index (κ2) is 5.90. The van der Waals surface area contributed by atoms with Crippen molar-refractivity contribution in [3.63, 3.8) is 0 Å². The van der Waals surface area contributed by atoms with Gasteiger partial charge in [0.15, 0.2) is 0 Å². The summed E-state index contributed by atoms with van der Waals surface area (Å²) >= 11 is 0. The molecule has 0 bridgehead atoms. The quantitative estimate of drug-likeness (QED) is 0.877. The summed E-state index contributed by atoms with van der Waals surface area (Å²) in [6, 6.07) is 6.97. The molecule has 1 aromatic rings. The van der Waals surface area contributed by atoms with Gasteiger partial charge in [-0.2, -0.15) is 0 Å². The van der Waals surface area contributed by atoms with Gasteiger partial charge >= 0.3 is 0 Å². The molecule has 0 atom stereocenters. The Morgan fingerprint density at radius 3 is 2.74 bits per heavy atom. The summed E-state index contributed by atoms with van der Waals surface area (Å²) in [5, 5.41) is 3.40. The summed E-state index contributed by atoms with van der Waals surface area (Å²) in [6.45, 7) is 8.40. The first-order valence-electron chi connectivity index (χ1n) is 7.15. The molecule has 0 amide bonds. The predicted molar refractivity (Wildman–Crippen MR) is 77.5 cm³/mol. The normalized spacial score (nSPS) is 19.7. The summed E-state index contributed by atoms with van der Waals surface area (Å²) in [6.07, 6.45) is 0. The van der Waals surface area contributed by atoms with E-state index < -0.39 is 0 Å². The zero-order valence-electron chi connectivity index (χ0n) is 11.7. The maximum absolute atomic E-state index is 5.16. The first-order chi connectivity index (χ1) is 9.36. The fraction of sp³-hybridized carbons (Fsp3) is 0.600. The van der Waals surface area contributed by atoms with Gasteiger partial charge in [-0.3, -0.25) is 4.90 Å². The van der Waals surface area contributed by atoms with E-state index in [0.29, 0.717) is 0 Å². The van der Waals surface area contributed by atoms with Gasteiger partial charge < -0.3 is 15.0 Å². The van der Waals surface area contributed by atoms with E-state index in [1.165, 1.54) is 16.8 Å². The zero-order valence-corrected chi connectivity index (χ0v) is 11.7. The Balaban J connectivity index is 1.68. The van der Waals surface area contributed by atoms with Gasteiger partial charge in [0.1, 0.15) is 0 Å². The fourth-order valence-corrected chi connectivity index (χ4v) is 2.95. The van der Waals surface area contributed by atoms with Crippen molar-refractivity contribution in [2.75, 3.05) is 51.3 Å². The standard InChI is InChI=1S/C15H23N3O/c1-19-9-8-17-11-13-2-3-15(10-14(13)12-17)18-6-4-16-5-7-18/h2-3,10,16H,4-9,11-12H2,1H3. The van der Waals surface area contributed by atoms with Crippen LogP contribution >= 0.6 is 0 Å². The number of piperazine rings is 1. The third kappa shape index (κ3) is 2.91. The smallest absolute Gasteiger partial charge is 0.0589 e. The Hall–Kier alpha value is -1.10. The third-order valence-electron chi connectivity index (χ3n) is 4.07. The van der Waals surface area contributed by atoms with Crippen molar-refractivity contribution < 1.29 is 4.74 Å². The van der Waals surface area contributed by atoms with Crippen molar-refractivity contribution in [1.82, 2.24) is 10.2 Å². The van der Waals surface area contributed by atoms with Crippen molar-refractivity contribution in [1.29, 1.82) is 0 Å². The van der Waals surface area contributed by atoms with Crippen LogP contribution in [0.5, 0.6) is 0 Å². The number of benzene rings is 1. The number of hydrogen-bond donors (Lipinski definition) is 1. The number of rotatable bonds is 4. The van der Waals surface area contributed by atoms with Gasteiger partial charge in [0.25, 0.3) is 0 Å². The van der Waals surface area contributed by atoms with Crippen molar-refractivity contribution in [2.24, 2.45) is 0 Å². The average Bonchev–Trinajstić information content (AvgIpc) is 2.87. The molecule has 19 heavy (non-hydrogen) atoms. The van der Waals surface area contributed by atoms with E-state index >= 15 is 0 Å². The van der Waals surface area contributed by atoms with Crippen LogP contribution in [0.4, 0.5) is 5.69 Å². The van der Waals surface area contributed by atoms with Crippen LogP contribution in [-0.4, -0.2) is 51.3 Å². The molecule has 0 saturated carbocycles. The van der Waals surface area contributed by atoms with Gasteiger partial charge in [-0.05, 0) is 23.3 Å². The van der Waals surface area contributed by atoms with Gasteiger partial charge in [0, 0.05) is 58.6 Å². The lowest BCUT2D eigenvalue weighted by Crippen LogP contribution is -2.43. The molecule has 104 valence electrons. The predicted octanol–water partition coefficient (Wildman–Crippen LogP) is 1.06. The summed E-state index contributed by atoms with van der Waals surface area (Å²) in [5.41, 5.74) is 4.36. The summed E-state index contributed by atoms with van der Waals surface area (Å²) in [5.74, 6) is 0. The molecule has 1 N–H and O–H groups in total. The van der Waals surface area contributed by atoms with Gasteiger partial charge in [-0.15, -0.1) is 0 Å². The average molecular weight is 261 g/mol. The van der Waals surface area contributed by atoms with Gasteiger partial charge in [-0.1, -0.05) is 6.07 Å². The molecule has 0 aliphatic carbocycles. The monoisotopic (exact) mass is 261 g/mol. The minimum Gasteiger partial charge on any atom is -0.383 e. The van der Waals surface area contributed by atoms with E-state index in [1.807, 2.05) is 0 Å². The maximum Gasteiger partial charge on any atom is 0.0589 e. The molecular weight excluding hydrogens is 238 g/mol. The number of nitrogens with zero attached hydrogens (tertiary/aromatic N) is 2. The summed E-state index contributed by atoms with van der Waals surface area (Å²) in [4.78, 5) is 4.93. The highest BCUT2D eigenvalue weighted by Gasteiger charge is 2.20. The summed E-state index contributed by atoms with van der Waals surface area (Å²) < 4.78 is 5.16. The van der Waals surface area contributed by atoms with Crippen LogP contribution in [0.3, 0.4) is 0 Å². The number of methoxy groups -OCH3 is 1. The van der Waals surface area contributed by atoms with E-state index in [4.69, 9.17) is 4.74 Å². The Bertz CT molecular complexity index is 429. The minimum absolute atomic E-state index is 0.818. The Labute approximate surface area is 115 Å². The van der Waals surface area contributed by atoms with Crippen molar-refractivity contribution in [3.05, 3.63) is 29.3 Å². The van der Waals surface area contributed by atoms with Gasteiger partial charge in [-0.25, -0.2) is 0 Å². The molecule has 0 unspecified atom stereocenters. The van der Waals surface area contributed by atoms with Gasteiger partial charge in [0.2, 0.25) is 0 Å².